The number of hydrogen-bond acceptors (Lipinski definition) is 10. The fraction of sp³-hybridized carbons (Fsp3) is 0.625. The van der Waals surface area contributed by atoms with Crippen LogP contribution in [-0.4, -0.2) is 96.3 Å². The van der Waals surface area contributed by atoms with Gasteiger partial charge < -0.3 is 49.9 Å². The van der Waals surface area contributed by atoms with E-state index in [-0.39, 0.29) is 30.7 Å². The predicted octanol–water partition coefficient (Wildman–Crippen LogP) is -0.603. The van der Waals surface area contributed by atoms with Gasteiger partial charge in [0.15, 0.2) is 5.40 Å². The summed E-state index contributed by atoms with van der Waals surface area (Å²) in [6.45, 7) is -0.529. The van der Waals surface area contributed by atoms with Crippen molar-refractivity contribution in [1.29, 1.82) is 0 Å². The maximum Gasteiger partial charge on any atom is 0.512 e. The molecule has 0 saturated carbocycles. The van der Waals surface area contributed by atoms with Crippen LogP contribution in [-0.2, 0) is 28.1 Å². The van der Waals surface area contributed by atoms with Crippen LogP contribution >= 0.6 is 27.0 Å². The van der Waals surface area contributed by atoms with E-state index in [1.54, 1.807) is 0 Å². The highest BCUT2D eigenvalue weighted by Gasteiger charge is 2.67. The molecule has 0 spiro atoms. The number of thioether (sulfide) groups is 1. The Morgan fingerprint density at radius 2 is 1.84 bits per heavy atom. The van der Waals surface area contributed by atoms with Crippen LogP contribution in [0.2, 0.25) is 0 Å². The van der Waals surface area contributed by atoms with Crippen molar-refractivity contribution in [2.75, 3.05) is 26.0 Å². The van der Waals surface area contributed by atoms with E-state index in [4.69, 9.17) is 39.9 Å². The normalized spacial score (nSPS) is 21.7. The van der Waals surface area contributed by atoms with Crippen LogP contribution in [0.5, 0.6) is 0 Å². The highest BCUT2D eigenvalue weighted by atomic mass is 32.2. The Kier molecular flexibility index (Phi) is 10.0. The summed E-state index contributed by atoms with van der Waals surface area (Å²) in [4.78, 5) is 84.8. The van der Waals surface area contributed by atoms with Crippen molar-refractivity contribution in [2.24, 2.45) is 5.73 Å². The van der Waals surface area contributed by atoms with E-state index in [2.05, 4.69) is 15.4 Å². The monoisotopic (exact) mass is 592 g/mol. The summed E-state index contributed by atoms with van der Waals surface area (Å²) in [5.74, 6) is -1.28. The first kappa shape index (κ1) is 30.9. The molecule has 0 aliphatic carbocycles. The number of carboxylic acid groups (broad SMARTS) is 1. The Bertz CT molecular complexity index is 1040. The lowest BCUT2D eigenvalue weighted by Crippen LogP contribution is -2.81. The molecular formula is C16H26N4O14P2S. The van der Waals surface area contributed by atoms with E-state index in [1.165, 1.54) is 0 Å². The van der Waals surface area contributed by atoms with Crippen LogP contribution in [0.4, 0.5) is 14.4 Å². The Morgan fingerprint density at radius 3 is 2.35 bits per heavy atom. The third-order valence-electron chi connectivity index (χ3n) is 5.20. The standard InChI is InChI=1S/C16H26N4O14P2S/c1-32-16(19-14(23)18-5-3-2-4-9(35(26,27)28)36(29,30)31)11(21)20-10(34-15(24)25)8(6-33-13(17)22)7-37-12(16)20/h9,12H,2-7H2,1H3,(H2,17,22)(H,24,25)(H2,18,19,23)(H2,26,27,28)(H2,29,30,31)/t12-,16-/m0/s1. The molecule has 37 heavy (non-hydrogen) atoms. The summed E-state index contributed by atoms with van der Waals surface area (Å²) in [6, 6.07) is -0.885. The molecule has 210 valence electrons. The number of hydrogen-bond donors (Lipinski definition) is 8. The van der Waals surface area contributed by atoms with E-state index < -0.39 is 74.8 Å². The fourth-order valence-corrected chi connectivity index (χ4v) is 7.53. The number of carbonyl (C=O) groups excluding carboxylic acids is 3. The Morgan fingerprint density at radius 1 is 1.22 bits per heavy atom. The molecule has 21 heteroatoms. The van der Waals surface area contributed by atoms with Gasteiger partial charge in [-0.05, 0) is 12.8 Å². The van der Waals surface area contributed by atoms with Gasteiger partial charge >= 0.3 is 33.5 Å². The molecule has 2 atom stereocenters. The number of fused-ring (bicyclic) bond motifs is 1. The zero-order valence-electron chi connectivity index (χ0n) is 19.1. The average molecular weight is 592 g/mol. The van der Waals surface area contributed by atoms with Gasteiger partial charge in [-0.25, -0.2) is 14.4 Å². The number of nitrogens with two attached hydrogens (primary N) is 1. The van der Waals surface area contributed by atoms with Crippen molar-refractivity contribution in [3.8, 4) is 0 Å². The third-order valence-corrected chi connectivity index (χ3v) is 10.4. The van der Waals surface area contributed by atoms with E-state index in [0.29, 0.717) is 0 Å². The van der Waals surface area contributed by atoms with E-state index in [9.17, 15) is 28.3 Å². The molecule has 0 bridgehead atoms. The molecule has 2 rings (SSSR count). The number of carbonyl (C=O) groups is 4. The van der Waals surface area contributed by atoms with Crippen LogP contribution < -0.4 is 16.4 Å². The second-order valence-electron chi connectivity index (χ2n) is 7.70. The third kappa shape index (κ3) is 7.36. The Labute approximate surface area is 213 Å². The largest absolute Gasteiger partial charge is 0.512 e. The van der Waals surface area contributed by atoms with Crippen molar-refractivity contribution in [1.82, 2.24) is 15.5 Å². The number of ether oxygens (including phenoxy) is 3. The first-order valence-corrected chi connectivity index (χ1v) is 14.7. The van der Waals surface area contributed by atoms with Crippen molar-refractivity contribution in [3.63, 3.8) is 0 Å². The molecule has 18 nitrogen and oxygen atoms in total. The Balaban J connectivity index is 2.00. The lowest BCUT2D eigenvalue weighted by molar-refractivity contribution is -0.191. The molecule has 2 heterocycles. The van der Waals surface area contributed by atoms with Gasteiger partial charge in [-0.2, -0.15) is 0 Å². The summed E-state index contributed by atoms with van der Waals surface area (Å²) in [7, 11) is -8.96. The molecule has 0 unspecified atom stereocenters. The van der Waals surface area contributed by atoms with Crippen molar-refractivity contribution >= 4 is 51.1 Å². The van der Waals surface area contributed by atoms with E-state index in [1.807, 2.05) is 0 Å². The summed E-state index contributed by atoms with van der Waals surface area (Å²) in [5, 5.41) is 10.7. The number of methoxy groups -OCH3 is 1. The maximum atomic E-state index is 13.0. The highest BCUT2D eigenvalue weighted by Crippen LogP contribution is 2.61. The minimum atomic E-state index is -5.05. The summed E-state index contributed by atoms with van der Waals surface area (Å²) >= 11 is 1.05. The van der Waals surface area contributed by atoms with Gasteiger partial charge in [0, 0.05) is 25.0 Å². The molecule has 0 radical (unpaired) electrons. The molecule has 0 aromatic rings. The first-order valence-electron chi connectivity index (χ1n) is 10.3. The SMILES string of the molecule is CO[C@@]1(NC(=O)NCCCCC(P(=O)(O)O)P(=O)(O)O)C(=O)N2C(OC(=O)O)=C(COC(N)=O)CS[C@H]21. The van der Waals surface area contributed by atoms with Crippen LogP contribution in [0.15, 0.2) is 11.5 Å². The van der Waals surface area contributed by atoms with Gasteiger partial charge in [-0.15, -0.1) is 11.8 Å². The van der Waals surface area contributed by atoms with Crippen molar-refractivity contribution in [2.45, 2.75) is 35.8 Å². The van der Waals surface area contributed by atoms with Crippen molar-refractivity contribution < 1.29 is 67.2 Å². The van der Waals surface area contributed by atoms with Gasteiger partial charge in [0.05, 0.1) is 0 Å². The first-order chi connectivity index (χ1) is 17.0. The van der Waals surface area contributed by atoms with Gasteiger partial charge in [0.1, 0.15) is 12.0 Å². The summed E-state index contributed by atoms with van der Waals surface area (Å²) < 4.78 is 37.2. The molecule has 2 aliphatic heterocycles. The summed E-state index contributed by atoms with van der Waals surface area (Å²) in [5.41, 5.74) is 3.14. The quantitative estimate of drug-likeness (QED) is 0.0461. The number of nitrogens with one attached hydrogen (secondary N) is 2. The zero-order valence-corrected chi connectivity index (χ0v) is 21.7. The highest BCUT2D eigenvalue weighted by molar-refractivity contribution is 8.00. The lowest BCUT2D eigenvalue weighted by atomic mass is 10.0. The molecule has 1 saturated heterocycles. The minimum absolute atomic E-state index is 0.0268. The van der Waals surface area contributed by atoms with Crippen LogP contribution in [0.3, 0.4) is 0 Å². The number of nitrogens with zero attached hydrogens (tertiary/aromatic N) is 1. The van der Waals surface area contributed by atoms with Crippen LogP contribution in [0, 0.1) is 0 Å². The molecule has 0 aromatic carbocycles. The maximum absolute atomic E-state index is 13.0. The minimum Gasteiger partial charge on any atom is -0.449 e. The predicted molar refractivity (Wildman–Crippen MR) is 123 cm³/mol. The van der Waals surface area contributed by atoms with Gasteiger partial charge in [0.25, 0.3) is 11.6 Å². The molecular weight excluding hydrogens is 566 g/mol. The average Bonchev–Trinajstić information content (AvgIpc) is 2.76. The number of rotatable bonds is 12. The fourth-order valence-electron chi connectivity index (χ4n) is 3.53. The number of unbranched alkanes of at least 4 members (excludes halogenated alkanes) is 1. The van der Waals surface area contributed by atoms with Gasteiger partial charge in [0.2, 0.25) is 5.88 Å². The summed E-state index contributed by atoms with van der Waals surface area (Å²) in [6.07, 6.45) is -3.33. The Hall–Kier alpha value is -2.37. The number of primary amides is 1. The van der Waals surface area contributed by atoms with Gasteiger partial charge in [-0.3, -0.25) is 24.1 Å². The van der Waals surface area contributed by atoms with Gasteiger partial charge in [-0.1, -0.05) is 6.42 Å². The van der Waals surface area contributed by atoms with E-state index in [0.717, 1.165) is 23.8 Å². The molecule has 2 aliphatic rings. The molecule has 4 amide bonds. The second kappa shape index (κ2) is 12.0. The molecule has 1 fully saturated rings. The molecule has 0 aromatic heterocycles. The van der Waals surface area contributed by atoms with Crippen LogP contribution in [0.1, 0.15) is 19.3 Å². The van der Waals surface area contributed by atoms with E-state index >= 15 is 0 Å². The second-order valence-corrected chi connectivity index (χ2v) is 12.8. The topological polar surface area (TPSA) is 285 Å². The zero-order chi connectivity index (χ0) is 28.2. The molecule has 9 N–H and O–H groups in total. The number of amides is 4. The number of urea groups is 1. The smallest absolute Gasteiger partial charge is 0.449 e. The number of β-lactam (4-membered cyclic amide) rings is 1. The van der Waals surface area contributed by atoms with Crippen molar-refractivity contribution in [3.05, 3.63) is 11.5 Å². The lowest BCUT2D eigenvalue weighted by Gasteiger charge is -2.55. The van der Waals surface area contributed by atoms with Crippen LogP contribution in [0.25, 0.3) is 0 Å².